The Morgan fingerprint density at radius 1 is 1.06 bits per heavy atom. The Hall–Kier alpha value is -4.17. The van der Waals surface area contributed by atoms with Gasteiger partial charge >= 0.3 is 0 Å². The first-order valence-corrected chi connectivity index (χ1v) is 11.5. The van der Waals surface area contributed by atoms with E-state index in [9.17, 15) is 14.4 Å². The van der Waals surface area contributed by atoms with Crippen molar-refractivity contribution in [1.29, 1.82) is 0 Å². The number of fused-ring (bicyclic) bond motifs is 2. The van der Waals surface area contributed by atoms with Gasteiger partial charge in [0.2, 0.25) is 0 Å². The number of hydrogen-bond acceptors (Lipinski definition) is 5. The number of aromatic amines is 1. The Labute approximate surface area is 205 Å². The maximum atomic E-state index is 13.4. The molecule has 0 fully saturated rings. The van der Waals surface area contributed by atoms with Crippen LogP contribution in [0.1, 0.15) is 48.1 Å². The van der Waals surface area contributed by atoms with Crippen LogP contribution in [0.15, 0.2) is 65.3 Å². The first kappa shape index (κ1) is 21.4. The molecule has 4 aromatic rings. The molecule has 9 heteroatoms. The molecule has 2 aliphatic heterocycles. The van der Waals surface area contributed by atoms with E-state index in [0.29, 0.717) is 35.9 Å². The Bertz CT molecular complexity index is 1490. The van der Waals surface area contributed by atoms with E-state index in [4.69, 9.17) is 16.0 Å². The number of aromatic nitrogens is 2. The average Bonchev–Trinajstić information content (AvgIpc) is 3.59. The number of rotatable bonds is 4. The number of H-pyrrole nitrogens is 1. The van der Waals surface area contributed by atoms with E-state index in [2.05, 4.69) is 10.2 Å². The van der Waals surface area contributed by atoms with Crippen molar-refractivity contribution < 1.29 is 18.8 Å². The zero-order valence-corrected chi connectivity index (χ0v) is 19.2. The normalized spacial score (nSPS) is 14.9. The summed E-state index contributed by atoms with van der Waals surface area (Å²) in [5.74, 6) is -0.528. The van der Waals surface area contributed by atoms with E-state index in [1.54, 1.807) is 35.2 Å². The van der Waals surface area contributed by atoms with Crippen LogP contribution in [-0.2, 0) is 19.5 Å². The Balaban J connectivity index is 1.25. The molecule has 2 aromatic heterocycles. The van der Waals surface area contributed by atoms with Gasteiger partial charge < -0.3 is 9.32 Å². The summed E-state index contributed by atoms with van der Waals surface area (Å²) in [7, 11) is 0. The number of carbonyl (C=O) groups excluding carboxylic acids is 3. The molecule has 0 unspecified atom stereocenters. The number of hydrogen-bond donors (Lipinski definition) is 1. The first-order chi connectivity index (χ1) is 17.0. The van der Waals surface area contributed by atoms with Gasteiger partial charge in [0.05, 0.1) is 29.6 Å². The number of carbonyl (C=O) groups is 3. The van der Waals surface area contributed by atoms with Crippen molar-refractivity contribution in [2.45, 2.75) is 19.5 Å². The van der Waals surface area contributed by atoms with Crippen molar-refractivity contribution >= 4 is 29.3 Å². The standard InChI is InChI=1S/C26H19ClN4O4/c27-17-4-1-3-15(11-17)23-21-14-30(9-8-22(21)28-29-23)24(32)16-6-7-19-20(12-16)26(34)31(25(19)33)13-18-5-2-10-35-18/h1-7,10-12H,8-9,13-14H2,(H,28,29). The number of nitrogens with one attached hydrogen (secondary N) is 1. The highest BCUT2D eigenvalue weighted by Crippen LogP contribution is 2.31. The maximum Gasteiger partial charge on any atom is 0.261 e. The molecular weight excluding hydrogens is 468 g/mol. The van der Waals surface area contributed by atoms with E-state index < -0.39 is 11.8 Å². The summed E-state index contributed by atoms with van der Waals surface area (Å²) in [4.78, 5) is 42.0. The smallest absolute Gasteiger partial charge is 0.261 e. The first-order valence-electron chi connectivity index (χ1n) is 11.1. The highest BCUT2D eigenvalue weighted by Gasteiger charge is 2.37. The number of nitrogens with zero attached hydrogens (tertiary/aromatic N) is 3. The second-order valence-corrected chi connectivity index (χ2v) is 8.99. The molecule has 0 saturated carbocycles. The minimum Gasteiger partial charge on any atom is -0.467 e. The van der Waals surface area contributed by atoms with Crippen molar-refractivity contribution in [3.8, 4) is 11.3 Å². The summed E-state index contributed by atoms with van der Waals surface area (Å²) in [6.45, 7) is 0.934. The second-order valence-electron chi connectivity index (χ2n) is 8.55. The SMILES string of the molecule is O=C(c1ccc2c(c1)C(=O)N(Cc1ccco1)C2=O)N1CCc2[nH]nc(-c3cccc(Cl)c3)c2C1. The van der Waals surface area contributed by atoms with E-state index >= 15 is 0 Å². The van der Waals surface area contributed by atoms with Crippen LogP contribution < -0.4 is 0 Å². The van der Waals surface area contributed by atoms with Gasteiger partial charge in [-0.05, 0) is 42.5 Å². The molecule has 0 saturated heterocycles. The molecule has 6 rings (SSSR count). The molecule has 2 aliphatic rings. The molecule has 8 nitrogen and oxygen atoms in total. The van der Waals surface area contributed by atoms with Crippen LogP contribution in [-0.4, -0.2) is 44.3 Å². The van der Waals surface area contributed by atoms with Gasteiger partial charge in [0.25, 0.3) is 17.7 Å². The van der Waals surface area contributed by atoms with E-state index in [1.807, 2.05) is 18.2 Å². The lowest BCUT2D eigenvalue weighted by molar-refractivity contribution is 0.0631. The number of halogens is 1. The van der Waals surface area contributed by atoms with Gasteiger partial charge in [0, 0.05) is 46.9 Å². The zero-order valence-electron chi connectivity index (χ0n) is 18.5. The van der Waals surface area contributed by atoms with Gasteiger partial charge in [-0.2, -0.15) is 5.10 Å². The van der Waals surface area contributed by atoms with Gasteiger partial charge in [0.15, 0.2) is 0 Å². The number of benzene rings is 2. The summed E-state index contributed by atoms with van der Waals surface area (Å²) < 4.78 is 5.28. The summed E-state index contributed by atoms with van der Waals surface area (Å²) >= 11 is 6.16. The summed E-state index contributed by atoms with van der Waals surface area (Å²) in [5, 5.41) is 8.16. The van der Waals surface area contributed by atoms with Gasteiger partial charge in [-0.1, -0.05) is 23.7 Å². The van der Waals surface area contributed by atoms with Crippen LogP contribution in [0.5, 0.6) is 0 Å². The predicted octanol–water partition coefficient (Wildman–Crippen LogP) is 4.32. The lowest BCUT2D eigenvalue weighted by Crippen LogP contribution is -2.36. The topological polar surface area (TPSA) is 99.5 Å². The lowest BCUT2D eigenvalue weighted by atomic mass is 9.99. The summed E-state index contributed by atoms with van der Waals surface area (Å²) in [6.07, 6.45) is 2.13. The molecular formula is C26H19ClN4O4. The second kappa shape index (κ2) is 8.25. The Morgan fingerprint density at radius 2 is 1.91 bits per heavy atom. The third-order valence-corrected chi connectivity index (χ3v) is 6.67. The molecule has 0 aliphatic carbocycles. The summed E-state index contributed by atoms with van der Waals surface area (Å²) in [5.41, 5.74) is 4.47. The molecule has 0 spiro atoms. The van der Waals surface area contributed by atoms with Crippen LogP contribution in [0.4, 0.5) is 0 Å². The molecule has 3 amide bonds. The summed E-state index contributed by atoms with van der Waals surface area (Å²) in [6, 6.07) is 15.5. The molecule has 1 N–H and O–H groups in total. The quantitative estimate of drug-likeness (QED) is 0.433. The number of imide groups is 1. The zero-order chi connectivity index (χ0) is 24.1. The fraction of sp³-hybridized carbons (Fsp3) is 0.154. The van der Waals surface area contributed by atoms with Crippen molar-refractivity contribution in [2.24, 2.45) is 0 Å². The van der Waals surface area contributed by atoms with Crippen LogP contribution in [0.25, 0.3) is 11.3 Å². The van der Waals surface area contributed by atoms with Crippen LogP contribution >= 0.6 is 11.6 Å². The lowest BCUT2D eigenvalue weighted by Gasteiger charge is -2.27. The molecule has 35 heavy (non-hydrogen) atoms. The van der Waals surface area contributed by atoms with Crippen molar-refractivity contribution in [2.75, 3.05) is 6.54 Å². The molecule has 0 atom stereocenters. The molecule has 2 aromatic carbocycles. The molecule has 0 radical (unpaired) electrons. The Morgan fingerprint density at radius 3 is 2.71 bits per heavy atom. The van der Waals surface area contributed by atoms with Crippen LogP contribution in [0, 0.1) is 0 Å². The van der Waals surface area contributed by atoms with Crippen molar-refractivity contribution in [3.05, 3.63) is 99.6 Å². The van der Waals surface area contributed by atoms with E-state index in [-0.39, 0.29) is 23.6 Å². The molecule has 0 bridgehead atoms. The number of amides is 3. The van der Waals surface area contributed by atoms with Gasteiger partial charge in [-0.15, -0.1) is 0 Å². The monoisotopic (exact) mass is 486 g/mol. The average molecular weight is 487 g/mol. The Kier molecular flexibility index (Phi) is 5.04. The minimum atomic E-state index is -0.435. The number of furan rings is 1. The van der Waals surface area contributed by atoms with Gasteiger partial charge in [0.1, 0.15) is 5.76 Å². The van der Waals surface area contributed by atoms with Gasteiger partial charge in [-0.25, -0.2) is 0 Å². The van der Waals surface area contributed by atoms with Crippen molar-refractivity contribution in [1.82, 2.24) is 20.0 Å². The van der Waals surface area contributed by atoms with Crippen LogP contribution in [0.3, 0.4) is 0 Å². The third kappa shape index (κ3) is 3.63. The van der Waals surface area contributed by atoms with Gasteiger partial charge in [-0.3, -0.25) is 24.4 Å². The maximum absolute atomic E-state index is 13.4. The highest BCUT2D eigenvalue weighted by molar-refractivity contribution is 6.30. The predicted molar refractivity (Wildman–Crippen MR) is 127 cm³/mol. The largest absolute Gasteiger partial charge is 0.467 e. The fourth-order valence-electron chi connectivity index (χ4n) is 4.65. The fourth-order valence-corrected chi connectivity index (χ4v) is 4.84. The molecule has 4 heterocycles. The minimum absolute atomic E-state index is 0.0459. The van der Waals surface area contributed by atoms with Crippen LogP contribution in [0.2, 0.25) is 5.02 Å². The van der Waals surface area contributed by atoms with E-state index in [0.717, 1.165) is 27.4 Å². The van der Waals surface area contributed by atoms with Crippen molar-refractivity contribution in [3.63, 3.8) is 0 Å². The van der Waals surface area contributed by atoms with E-state index in [1.165, 1.54) is 12.3 Å². The highest BCUT2D eigenvalue weighted by atomic mass is 35.5. The third-order valence-electron chi connectivity index (χ3n) is 6.43. The molecule has 174 valence electrons.